The highest BCUT2D eigenvalue weighted by Crippen LogP contribution is 2.34. The summed E-state index contributed by atoms with van der Waals surface area (Å²) in [5, 5.41) is 2.83. The zero-order valence-electron chi connectivity index (χ0n) is 17.8. The van der Waals surface area contributed by atoms with Crippen molar-refractivity contribution in [3.8, 4) is 5.75 Å². The van der Waals surface area contributed by atoms with Crippen LogP contribution in [0.25, 0.3) is 0 Å². The Labute approximate surface area is 182 Å². The summed E-state index contributed by atoms with van der Waals surface area (Å²) in [6.45, 7) is 1.95. The molecular weight excluding hydrogens is 394 g/mol. The van der Waals surface area contributed by atoms with Crippen LogP contribution in [-0.4, -0.2) is 41.9 Å². The van der Waals surface area contributed by atoms with Crippen LogP contribution in [0.1, 0.15) is 37.7 Å². The van der Waals surface area contributed by atoms with Crippen molar-refractivity contribution in [2.75, 3.05) is 17.3 Å². The van der Waals surface area contributed by atoms with Crippen molar-refractivity contribution in [3.63, 3.8) is 0 Å². The molecule has 1 aliphatic heterocycles. The Morgan fingerprint density at radius 3 is 2.29 bits per heavy atom. The molecule has 1 atom stereocenters. The lowest BCUT2D eigenvalue weighted by Gasteiger charge is -2.27. The van der Waals surface area contributed by atoms with Gasteiger partial charge in [-0.3, -0.25) is 9.59 Å². The number of urea groups is 1. The number of amides is 4. The molecule has 1 heterocycles. The third kappa shape index (κ3) is 4.26. The zero-order chi connectivity index (χ0) is 22.0. The molecule has 1 aliphatic carbocycles. The van der Waals surface area contributed by atoms with E-state index in [2.05, 4.69) is 5.32 Å². The summed E-state index contributed by atoms with van der Waals surface area (Å²) >= 11 is 0. The lowest BCUT2D eigenvalue weighted by atomic mass is 10.1. The molecular formula is C24H27N3O4. The number of carbonyl (C=O) groups excluding carboxylic acids is 3. The van der Waals surface area contributed by atoms with E-state index >= 15 is 0 Å². The van der Waals surface area contributed by atoms with Crippen molar-refractivity contribution in [2.45, 2.75) is 51.1 Å². The molecule has 0 radical (unpaired) electrons. The van der Waals surface area contributed by atoms with Gasteiger partial charge in [0.1, 0.15) is 11.8 Å². The summed E-state index contributed by atoms with van der Waals surface area (Å²) in [5.74, 6) is 0.0476. The number of rotatable bonds is 6. The van der Waals surface area contributed by atoms with Crippen molar-refractivity contribution in [1.29, 1.82) is 0 Å². The molecule has 4 amide bonds. The Morgan fingerprint density at radius 2 is 1.68 bits per heavy atom. The minimum Gasteiger partial charge on any atom is -0.497 e. The predicted molar refractivity (Wildman–Crippen MR) is 118 cm³/mol. The molecule has 2 aromatic carbocycles. The first-order valence-corrected chi connectivity index (χ1v) is 10.6. The first kappa shape index (κ1) is 20.9. The van der Waals surface area contributed by atoms with E-state index in [-0.39, 0.29) is 30.3 Å². The van der Waals surface area contributed by atoms with Gasteiger partial charge >= 0.3 is 6.03 Å². The van der Waals surface area contributed by atoms with Gasteiger partial charge in [-0.15, -0.1) is 0 Å². The lowest BCUT2D eigenvalue weighted by molar-refractivity contribution is -0.124. The number of hydrogen-bond donors (Lipinski definition) is 1. The Kier molecular flexibility index (Phi) is 5.93. The van der Waals surface area contributed by atoms with Gasteiger partial charge < -0.3 is 15.0 Å². The maximum absolute atomic E-state index is 13.3. The van der Waals surface area contributed by atoms with Crippen molar-refractivity contribution >= 4 is 29.2 Å². The fourth-order valence-corrected chi connectivity index (χ4v) is 4.38. The highest BCUT2D eigenvalue weighted by atomic mass is 16.5. The number of methoxy groups -OCH3 is 1. The molecule has 4 rings (SSSR count). The number of imide groups is 1. The molecule has 2 aromatic rings. The summed E-state index contributed by atoms with van der Waals surface area (Å²) in [6.07, 6.45) is 3.69. The van der Waals surface area contributed by atoms with Crippen molar-refractivity contribution in [1.82, 2.24) is 4.90 Å². The van der Waals surface area contributed by atoms with Crippen LogP contribution in [0.15, 0.2) is 48.5 Å². The quantitative estimate of drug-likeness (QED) is 0.712. The molecule has 0 bridgehead atoms. The van der Waals surface area contributed by atoms with Crippen LogP contribution in [0.5, 0.6) is 5.75 Å². The number of anilines is 2. The summed E-state index contributed by atoms with van der Waals surface area (Å²) in [5.41, 5.74) is 2.21. The van der Waals surface area contributed by atoms with E-state index < -0.39 is 6.04 Å². The minimum atomic E-state index is -0.796. The second kappa shape index (κ2) is 8.79. The average Bonchev–Trinajstić information content (AvgIpc) is 3.36. The Hall–Kier alpha value is -3.35. The standard InChI is InChI=1S/C24H27N3O4/c1-16-7-11-19(12-8-16)27-23(29)21(26(24(27)30)18-5-3-4-6-18)15-22(28)25-17-9-13-20(31-2)14-10-17/h7-14,18,21H,3-6,15H2,1-2H3,(H,25,28)/t21-/m0/s1. The first-order chi connectivity index (χ1) is 15.0. The second-order valence-electron chi connectivity index (χ2n) is 8.13. The molecule has 162 valence electrons. The fourth-order valence-electron chi connectivity index (χ4n) is 4.38. The smallest absolute Gasteiger partial charge is 0.332 e. The van der Waals surface area contributed by atoms with Crippen LogP contribution in [0.3, 0.4) is 0 Å². The molecule has 31 heavy (non-hydrogen) atoms. The van der Waals surface area contributed by atoms with Crippen molar-refractivity contribution < 1.29 is 19.1 Å². The van der Waals surface area contributed by atoms with E-state index in [1.165, 1.54) is 4.90 Å². The van der Waals surface area contributed by atoms with Gasteiger partial charge in [0.2, 0.25) is 5.91 Å². The van der Waals surface area contributed by atoms with E-state index in [0.717, 1.165) is 31.2 Å². The SMILES string of the molecule is COc1ccc(NC(=O)C[C@H]2C(=O)N(c3ccc(C)cc3)C(=O)N2C2CCCC2)cc1. The number of nitrogens with one attached hydrogen (secondary N) is 1. The second-order valence-corrected chi connectivity index (χ2v) is 8.13. The number of hydrogen-bond acceptors (Lipinski definition) is 4. The lowest BCUT2D eigenvalue weighted by Crippen LogP contribution is -2.43. The molecule has 2 fully saturated rings. The highest BCUT2D eigenvalue weighted by Gasteiger charge is 2.49. The summed E-state index contributed by atoms with van der Waals surface area (Å²) in [7, 11) is 1.58. The maximum atomic E-state index is 13.3. The molecule has 1 saturated heterocycles. The van der Waals surface area contributed by atoms with Gasteiger partial charge in [0.05, 0.1) is 19.2 Å². The number of carbonyl (C=O) groups is 3. The first-order valence-electron chi connectivity index (χ1n) is 10.6. The van der Waals surface area contributed by atoms with E-state index in [4.69, 9.17) is 4.74 Å². The van der Waals surface area contributed by atoms with Gasteiger partial charge in [0.25, 0.3) is 5.91 Å². The topological polar surface area (TPSA) is 79.0 Å². The van der Waals surface area contributed by atoms with E-state index in [1.54, 1.807) is 48.4 Å². The van der Waals surface area contributed by atoms with E-state index in [0.29, 0.717) is 17.1 Å². The molecule has 1 saturated carbocycles. The summed E-state index contributed by atoms with van der Waals surface area (Å²) in [4.78, 5) is 42.2. The summed E-state index contributed by atoms with van der Waals surface area (Å²) in [6, 6.07) is 13.2. The molecule has 7 heteroatoms. The monoisotopic (exact) mass is 421 g/mol. The highest BCUT2D eigenvalue weighted by molar-refractivity contribution is 6.22. The zero-order valence-corrected chi connectivity index (χ0v) is 17.8. The van der Waals surface area contributed by atoms with Gasteiger partial charge in [-0.05, 0) is 56.2 Å². The third-order valence-corrected chi connectivity index (χ3v) is 6.02. The number of nitrogens with zero attached hydrogens (tertiary/aromatic N) is 2. The molecule has 2 aliphatic rings. The van der Waals surface area contributed by atoms with Crippen LogP contribution in [0, 0.1) is 6.92 Å². The molecule has 7 nitrogen and oxygen atoms in total. The Balaban J connectivity index is 1.55. The van der Waals surface area contributed by atoms with Crippen molar-refractivity contribution in [2.24, 2.45) is 0 Å². The maximum Gasteiger partial charge on any atom is 0.332 e. The number of benzene rings is 2. The van der Waals surface area contributed by atoms with Crippen molar-refractivity contribution in [3.05, 3.63) is 54.1 Å². The largest absolute Gasteiger partial charge is 0.497 e. The normalized spacial score (nSPS) is 19.2. The van der Waals surface area contributed by atoms with Gasteiger partial charge in [-0.2, -0.15) is 0 Å². The van der Waals surface area contributed by atoms with Gasteiger partial charge in [0.15, 0.2) is 0 Å². The van der Waals surface area contributed by atoms with Crippen LogP contribution >= 0.6 is 0 Å². The fraction of sp³-hybridized carbons (Fsp3) is 0.375. The minimum absolute atomic E-state index is 0.00863. The third-order valence-electron chi connectivity index (χ3n) is 6.02. The van der Waals surface area contributed by atoms with E-state index in [1.807, 2.05) is 19.1 Å². The van der Waals surface area contributed by atoms with Crippen LogP contribution < -0.4 is 15.0 Å². The Bertz CT molecular complexity index is 965. The number of aryl methyl sites for hydroxylation is 1. The van der Waals surface area contributed by atoms with Gasteiger partial charge in [-0.25, -0.2) is 9.69 Å². The van der Waals surface area contributed by atoms with Gasteiger partial charge in [0, 0.05) is 11.7 Å². The molecule has 1 N–H and O–H groups in total. The van der Waals surface area contributed by atoms with Crippen LogP contribution in [0.2, 0.25) is 0 Å². The van der Waals surface area contributed by atoms with Gasteiger partial charge in [-0.1, -0.05) is 30.5 Å². The van der Waals surface area contributed by atoms with Crippen LogP contribution in [0.4, 0.5) is 16.2 Å². The Morgan fingerprint density at radius 1 is 1.03 bits per heavy atom. The van der Waals surface area contributed by atoms with Crippen LogP contribution in [-0.2, 0) is 9.59 Å². The molecule has 0 spiro atoms. The summed E-state index contributed by atoms with van der Waals surface area (Å²) < 4.78 is 5.13. The number of ether oxygens (including phenoxy) is 1. The average molecular weight is 421 g/mol. The predicted octanol–water partition coefficient (Wildman–Crippen LogP) is 4.11. The van der Waals surface area contributed by atoms with E-state index in [9.17, 15) is 14.4 Å². The molecule has 0 aromatic heterocycles. The molecule has 0 unspecified atom stereocenters.